The van der Waals surface area contributed by atoms with Crippen LogP contribution in [-0.4, -0.2) is 46.6 Å². The molecule has 0 spiro atoms. The monoisotopic (exact) mass is 166 g/mol. The zero-order chi connectivity index (χ0) is 8.43. The molecular formula is C6H11FO4. The Kier molecular flexibility index (Phi) is 2.78. The molecule has 1 rings (SSSR count). The largest absolute Gasteiger partial charge is 0.394 e. The summed E-state index contributed by atoms with van der Waals surface area (Å²) in [6.07, 6.45) is -5.16. The van der Waals surface area contributed by atoms with Crippen molar-refractivity contribution in [1.82, 2.24) is 0 Å². The van der Waals surface area contributed by atoms with E-state index in [1.165, 1.54) is 0 Å². The van der Waals surface area contributed by atoms with Gasteiger partial charge >= 0.3 is 0 Å². The first kappa shape index (κ1) is 8.86. The van der Waals surface area contributed by atoms with Crippen LogP contribution in [0.15, 0.2) is 0 Å². The van der Waals surface area contributed by atoms with E-state index >= 15 is 0 Å². The third-order valence-corrected chi connectivity index (χ3v) is 1.70. The lowest BCUT2D eigenvalue weighted by Crippen LogP contribution is -2.47. The molecule has 1 heterocycles. The van der Waals surface area contributed by atoms with Gasteiger partial charge in [0.05, 0.1) is 12.7 Å². The fourth-order valence-corrected chi connectivity index (χ4v) is 1.02. The van der Waals surface area contributed by atoms with E-state index in [9.17, 15) is 4.39 Å². The molecule has 0 aromatic heterocycles. The van der Waals surface area contributed by atoms with Gasteiger partial charge in [-0.3, -0.25) is 0 Å². The predicted molar refractivity (Wildman–Crippen MR) is 33.5 cm³/mol. The number of aliphatic hydroxyl groups is 3. The van der Waals surface area contributed by atoms with Gasteiger partial charge in [-0.2, -0.15) is 0 Å². The van der Waals surface area contributed by atoms with Crippen molar-refractivity contribution >= 4 is 0 Å². The van der Waals surface area contributed by atoms with Gasteiger partial charge in [-0.15, -0.1) is 0 Å². The molecule has 5 heteroatoms. The van der Waals surface area contributed by atoms with E-state index in [0.29, 0.717) is 0 Å². The van der Waals surface area contributed by atoms with Crippen LogP contribution in [0.1, 0.15) is 6.42 Å². The highest BCUT2D eigenvalue weighted by molar-refractivity contribution is 4.79. The second kappa shape index (κ2) is 3.44. The van der Waals surface area contributed by atoms with Crippen molar-refractivity contribution in [3.05, 3.63) is 0 Å². The van der Waals surface area contributed by atoms with E-state index in [4.69, 9.17) is 15.3 Å². The summed E-state index contributed by atoms with van der Waals surface area (Å²) in [5, 5.41) is 26.3. The molecule has 4 nitrogen and oxygen atoms in total. The fraction of sp³-hybridized carbons (Fsp3) is 1.00. The van der Waals surface area contributed by atoms with Crippen molar-refractivity contribution in [3.63, 3.8) is 0 Å². The van der Waals surface area contributed by atoms with Crippen LogP contribution in [0.3, 0.4) is 0 Å². The normalized spacial score (nSPS) is 45.8. The smallest absolute Gasteiger partial charge is 0.186 e. The van der Waals surface area contributed by atoms with Crippen LogP contribution >= 0.6 is 0 Å². The number of hydrogen-bond donors (Lipinski definition) is 3. The molecule has 4 atom stereocenters. The zero-order valence-electron chi connectivity index (χ0n) is 5.85. The summed E-state index contributed by atoms with van der Waals surface area (Å²) in [7, 11) is 0. The quantitative estimate of drug-likeness (QED) is 0.457. The number of hydrogen-bond acceptors (Lipinski definition) is 4. The van der Waals surface area contributed by atoms with Gasteiger partial charge < -0.3 is 20.1 Å². The van der Waals surface area contributed by atoms with Crippen molar-refractivity contribution in [3.8, 4) is 0 Å². The van der Waals surface area contributed by atoms with E-state index in [0.717, 1.165) is 0 Å². The molecule has 1 aliphatic heterocycles. The SMILES string of the molecule is OCC1OC(O)C(F)CC1O. The summed E-state index contributed by atoms with van der Waals surface area (Å²) in [6.45, 7) is -0.412. The molecule has 3 N–H and O–H groups in total. The van der Waals surface area contributed by atoms with Crippen LogP contribution in [-0.2, 0) is 4.74 Å². The van der Waals surface area contributed by atoms with Crippen LogP contribution in [0, 0.1) is 0 Å². The molecule has 1 saturated heterocycles. The summed E-state index contributed by atoms with van der Waals surface area (Å²) < 4.78 is 17.1. The Labute approximate surface area is 63.2 Å². The molecule has 1 aliphatic rings. The Balaban J connectivity index is 2.48. The highest BCUT2D eigenvalue weighted by atomic mass is 19.1. The maximum absolute atomic E-state index is 12.5. The van der Waals surface area contributed by atoms with Crippen LogP contribution in [0.25, 0.3) is 0 Å². The third-order valence-electron chi connectivity index (χ3n) is 1.70. The number of aliphatic hydroxyl groups excluding tert-OH is 3. The highest BCUT2D eigenvalue weighted by Gasteiger charge is 2.35. The van der Waals surface area contributed by atoms with Gasteiger partial charge in [-0.25, -0.2) is 4.39 Å². The van der Waals surface area contributed by atoms with Gasteiger partial charge in [0.2, 0.25) is 0 Å². The molecule has 66 valence electrons. The molecule has 0 amide bonds. The van der Waals surface area contributed by atoms with E-state index in [1.807, 2.05) is 0 Å². The Morgan fingerprint density at radius 1 is 1.45 bits per heavy atom. The fourth-order valence-electron chi connectivity index (χ4n) is 1.02. The lowest BCUT2D eigenvalue weighted by molar-refractivity contribution is -0.236. The number of halogens is 1. The van der Waals surface area contributed by atoms with Crippen molar-refractivity contribution in [2.24, 2.45) is 0 Å². The van der Waals surface area contributed by atoms with E-state index in [-0.39, 0.29) is 6.42 Å². The van der Waals surface area contributed by atoms with E-state index in [1.54, 1.807) is 0 Å². The Morgan fingerprint density at radius 3 is 2.64 bits per heavy atom. The van der Waals surface area contributed by atoms with Crippen LogP contribution < -0.4 is 0 Å². The maximum Gasteiger partial charge on any atom is 0.186 e. The minimum Gasteiger partial charge on any atom is -0.394 e. The first-order valence-electron chi connectivity index (χ1n) is 3.41. The minimum atomic E-state index is -1.56. The highest BCUT2D eigenvalue weighted by Crippen LogP contribution is 2.20. The average molecular weight is 166 g/mol. The minimum absolute atomic E-state index is 0.188. The first-order chi connectivity index (χ1) is 5.15. The van der Waals surface area contributed by atoms with Crippen LogP contribution in [0.5, 0.6) is 0 Å². The van der Waals surface area contributed by atoms with Gasteiger partial charge in [0.15, 0.2) is 12.5 Å². The van der Waals surface area contributed by atoms with Crippen molar-refractivity contribution in [1.29, 1.82) is 0 Å². The lowest BCUT2D eigenvalue weighted by Gasteiger charge is -2.32. The summed E-state index contributed by atoms with van der Waals surface area (Å²) in [4.78, 5) is 0. The third kappa shape index (κ3) is 1.87. The molecule has 0 radical (unpaired) electrons. The standard InChI is InChI=1S/C6H11FO4/c7-3-1-4(9)5(2-8)11-6(3)10/h3-6,8-10H,1-2H2. The Hall–Kier alpha value is -0.230. The lowest BCUT2D eigenvalue weighted by atomic mass is 10.0. The van der Waals surface area contributed by atoms with Crippen molar-refractivity contribution in [2.75, 3.05) is 6.61 Å². The van der Waals surface area contributed by atoms with Gasteiger partial charge in [0.25, 0.3) is 0 Å². The Bertz CT molecular complexity index is 132. The summed E-state index contributed by atoms with van der Waals surface area (Å²) in [5.74, 6) is 0. The number of alkyl halides is 1. The van der Waals surface area contributed by atoms with Gasteiger partial charge in [-0.05, 0) is 0 Å². The molecule has 0 aromatic rings. The second-order valence-electron chi connectivity index (χ2n) is 2.57. The molecule has 1 fully saturated rings. The maximum atomic E-state index is 12.5. The molecule has 0 aromatic carbocycles. The molecule has 0 saturated carbocycles. The summed E-state index contributed by atoms with van der Waals surface area (Å²) in [5.41, 5.74) is 0. The molecule has 0 bridgehead atoms. The van der Waals surface area contributed by atoms with Crippen LogP contribution in [0.4, 0.5) is 4.39 Å². The Morgan fingerprint density at radius 2 is 2.09 bits per heavy atom. The molecular weight excluding hydrogens is 155 g/mol. The predicted octanol–water partition coefficient (Wildman–Crippen LogP) is -1.21. The second-order valence-corrected chi connectivity index (χ2v) is 2.57. The summed E-state index contributed by atoms with van der Waals surface area (Å²) >= 11 is 0. The number of ether oxygens (including phenoxy) is 1. The van der Waals surface area contributed by atoms with E-state index < -0.39 is 31.3 Å². The van der Waals surface area contributed by atoms with Gasteiger partial charge in [0, 0.05) is 6.42 Å². The molecule has 0 aliphatic carbocycles. The summed E-state index contributed by atoms with van der Waals surface area (Å²) in [6, 6.07) is 0. The van der Waals surface area contributed by atoms with Gasteiger partial charge in [-0.1, -0.05) is 0 Å². The van der Waals surface area contributed by atoms with Crippen molar-refractivity contribution in [2.45, 2.75) is 31.1 Å². The topological polar surface area (TPSA) is 69.9 Å². The molecule has 11 heavy (non-hydrogen) atoms. The average Bonchev–Trinajstić information content (AvgIpc) is 1.97. The van der Waals surface area contributed by atoms with E-state index in [2.05, 4.69) is 4.74 Å². The molecule has 4 unspecified atom stereocenters. The zero-order valence-corrected chi connectivity index (χ0v) is 5.85. The van der Waals surface area contributed by atoms with Gasteiger partial charge in [0.1, 0.15) is 6.10 Å². The van der Waals surface area contributed by atoms with Crippen LogP contribution in [0.2, 0.25) is 0 Å². The first-order valence-corrected chi connectivity index (χ1v) is 3.41. The van der Waals surface area contributed by atoms with Crippen molar-refractivity contribution < 1.29 is 24.4 Å². The number of rotatable bonds is 1.